The Hall–Kier alpha value is -3.68. The fourth-order valence-corrected chi connectivity index (χ4v) is 5.62. The molecule has 0 radical (unpaired) electrons. The normalized spacial score (nSPS) is 15.9. The van der Waals surface area contributed by atoms with Crippen molar-refractivity contribution in [2.24, 2.45) is 10.4 Å². The van der Waals surface area contributed by atoms with E-state index < -0.39 is 53.3 Å². The van der Waals surface area contributed by atoms with Gasteiger partial charge in [0.2, 0.25) is 17.7 Å². The Labute approximate surface area is 264 Å². The summed E-state index contributed by atoms with van der Waals surface area (Å²) in [4.78, 5) is 60.9. The van der Waals surface area contributed by atoms with Crippen molar-refractivity contribution in [2.45, 2.75) is 64.5 Å². The number of benzene rings is 2. The van der Waals surface area contributed by atoms with Crippen LogP contribution >= 0.6 is 23.4 Å². The van der Waals surface area contributed by atoms with Crippen molar-refractivity contribution in [3.05, 3.63) is 63.9 Å². The maximum Gasteiger partial charge on any atom is 0.305 e. The average molecular weight is 651 g/mol. The van der Waals surface area contributed by atoms with E-state index in [-0.39, 0.29) is 34.7 Å². The first kappa shape index (κ1) is 34.8. The molecule has 4 N–H and O–H groups in total. The van der Waals surface area contributed by atoms with E-state index in [2.05, 4.69) is 21.1 Å². The predicted molar refractivity (Wildman–Crippen MR) is 165 cm³/mol. The van der Waals surface area contributed by atoms with Gasteiger partial charge in [-0.15, -0.1) is 17.2 Å². The van der Waals surface area contributed by atoms with Gasteiger partial charge in [-0.25, -0.2) is 9.38 Å². The molecule has 2 amide bonds. The van der Waals surface area contributed by atoms with Gasteiger partial charge in [-0.05, 0) is 42.7 Å². The van der Waals surface area contributed by atoms with Crippen LogP contribution in [0.5, 0.6) is 5.75 Å². The third-order valence-corrected chi connectivity index (χ3v) is 7.92. The number of nitrogens with one attached hydrogen (secondary N) is 3. The van der Waals surface area contributed by atoms with Crippen molar-refractivity contribution in [3.8, 4) is 5.75 Å². The van der Waals surface area contributed by atoms with Gasteiger partial charge in [0.15, 0.2) is 5.78 Å². The number of ether oxygens (including phenoxy) is 1. The van der Waals surface area contributed by atoms with Crippen molar-refractivity contribution in [2.75, 3.05) is 12.9 Å². The van der Waals surface area contributed by atoms with Crippen LogP contribution in [0.4, 0.5) is 4.39 Å². The summed E-state index contributed by atoms with van der Waals surface area (Å²) in [6.07, 6.45) is -1.05. The van der Waals surface area contributed by atoms with Crippen molar-refractivity contribution in [3.63, 3.8) is 0 Å². The van der Waals surface area contributed by atoms with E-state index in [1.807, 2.05) is 6.92 Å². The minimum absolute atomic E-state index is 0.0747. The number of rotatable bonds is 14. The lowest BCUT2D eigenvalue weighted by molar-refractivity contribution is -0.140. The first-order valence-electron chi connectivity index (χ1n) is 13.7. The van der Waals surface area contributed by atoms with Gasteiger partial charge in [0, 0.05) is 27.5 Å². The van der Waals surface area contributed by atoms with Gasteiger partial charge >= 0.3 is 5.97 Å². The summed E-state index contributed by atoms with van der Waals surface area (Å²) in [6, 6.07) is 6.88. The standard InChI is InChI=1S/C30H36ClFN4O7S/c1-16-33-29(43-36-16)17-9-10-24(42-5)18(11-17)12-25(38)35-27(30(2,3)4)28(41)34-22(13-26(39)40)23(37)15-44-14-19-20(31)7-6-8-21(19)32/h6-11,16,22,27,36H,12-15H2,1-5H3,(H,34,41)(H,35,38)(H,39,40). The molecule has 238 valence electrons. The van der Waals surface area contributed by atoms with E-state index in [1.165, 1.54) is 25.3 Å². The van der Waals surface area contributed by atoms with Crippen LogP contribution < -0.4 is 20.9 Å². The van der Waals surface area contributed by atoms with Crippen molar-refractivity contribution >= 4 is 52.8 Å². The second-order valence-corrected chi connectivity index (χ2v) is 12.6. The number of hydrogen-bond acceptors (Lipinski definition) is 9. The first-order valence-corrected chi connectivity index (χ1v) is 15.2. The molecule has 3 atom stereocenters. The molecule has 2 aromatic rings. The molecule has 3 unspecified atom stereocenters. The minimum Gasteiger partial charge on any atom is -0.496 e. The highest BCUT2D eigenvalue weighted by Crippen LogP contribution is 2.26. The van der Waals surface area contributed by atoms with E-state index in [4.69, 9.17) is 21.2 Å². The molecule has 44 heavy (non-hydrogen) atoms. The zero-order valence-electron chi connectivity index (χ0n) is 25.0. The zero-order valence-corrected chi connectivity index (χ0v) is 26.6. The molecular formula is C30H36ClFN4O7S. The van der Waals surface area contributed by atoms with Gasteiger partial charge in [-0.1, -0.05) is 38.4 Å². The molecule has 0 aliphatic carbocycles. The lowest BCUT2D eigenvalue weighted by Gasteiger charge is -2.31. The predicted octanol–water partition coefficient (Wildman–Crippen LogP) is 3.65. The molecule has 0 spiro atoms. The largest absolute Gasteiger partial charge is 0.496 e. The summed E-state index contributed by atoms with van der Waals surface area (Å²) in [6.45, 7) is 7.00. The number of carbonyl (C=O) groups is 4. The summed E-state index contributed by atoms with van der Waals surface area (Å²) >= 11 is 7.09. The van der Waals surface area contributed by atoms with Crippen LogP contribution in [0.15, 0.2) is 41.4 Å². The van der Waals surface area contributed by atoms with Gasteiger partial charge in [0.25, 0.3) is 0 Å². The molecule has 0 saturated carbocycles. The van der Waals surface area contributed by atoms with E-state index in [0.29, 0.717) is 22.8 Å². The Morgan fingerprint density at radius 2 is 1.93 bits per heavy atom. The molecule has 1 aliphatic heterocycles. The van der Waals surface area contributed by atoms with Gasteiger partial charge in [-0.3, -0.25) is 19.2 Å². The molecule has 11 nitrogen and oxygen atoms in total. The molecule has 1 aliphatic rings. The minimum atomic E-state index is -1.37. The number of methoxy groups -OCH3 is 1. The van der Waals surface area contributed by atoms with E-state index in [9.17, 15) is 28.7 Å². The van der Waals surface area contributed by atoms with Crippen LogP contribution in [0.2, 0.25) is 5.02 Å². The Morgan fingerprint density at radius 3 is 2.52 bits per heavy atom. The number of carboxylic acids is 1. The number of ketones is 1. The Kier molecular flexibility index (Phi) is 12.1. The highest BCUT2D eigenvalue weighted by atomic mass is 35.5. The molecule has 0 aromatic heterocycles. The van der Waals surface area contributed by atoms with Crippen molar-refractivity contribution < 1.29 is 38.2 Å². The second-order valence-electron chi connectivity index (χ2n) is 11.2. The highest BCUT2D eigenvalue weighted by Gasteiger charge is 2.35. The molecule has 3 rings (SSSR count). The third kappa shape index (κ3) is 9.66. The topological polar surface area (TPSA) is 155 Å². The summed E-state index contributed by atoms with van der Waals surface area (Å²) in [7, 11) is 1.47. The molecular weight excluding hydrogens is 615 g/mol. The van der Waals surface area contributed by atoms with Crippen LogP contribution in [0.25, 0.3) is 0 Å². The number of Topliss-reactive ketones (excluding diaryl/α,β-unsaturated/α-hetero) is 1. The van der Waals surface area contributed by atoms with Gasteiger partial charge in [-0.2, -0.15) is 0 Å². The molecule has 0 bridgehead atoms. The molecule has 0 fully saturated rings. The fraction of sp³-hybridized carbons (Fsp3) is 0.433. The average Bonchev–Trinajstić information content (AvgIpc) is 3.38. The number of carboxylic acid groups (broad SMARTS) is 1. The number of aliphatic carboxylic acids is 1. The highest BCUT2D eigenvalue weighted by molar-refractivity contribution is 7.99. The Balaban J connectivity index is 1.71. The lowest BCUT2D eigenvalue weighted by atomic mass is 9.85. The molecule has 14 heteroatoms. The number of carbonyl (C=O) groups excluding carboxylic acids is 3. The van der Waals surface area contributed by atoms with Crippen LogP contribution in [0.3, 0.4) is 0 Å². The Bertz CT molecular complexity index is 1410. The summed E-state index contributed by atoms with van der Waals surface area (Å²) in [5.74, 6) is -2.93. The van der Waals surface area contributed by atoms with E-state index >= 15 is 0 Å². The SMILES string of the molecule is COc1ccc(C2=NC(C)NO2)cc1CC(=O)NC(C(=O)NC(CC(=O)O)C(=O)CSCc1c(F)cccc1Cl)C(C)(C)C. The number of thioether (sulfide) groups is 1. The second kappa shape index (κ2) is 15.4. The monoisotopic (exact) mass is 650 g/mol. The number of aliphatic imine (C=N–C) groups is 1. The van der Waals surface area contributed by atoms with Crippen molar-refractivity contribution in [1.82, 2.24) is 16.1 Å². The van der Waals surface area contributed by atoms with Gasteiger partial charge in [0.1, 0.15) is 23.8 Å². The van der Waals surface area contributed by atoms with Crippen LogP contribution in [-0.4, -0.2) is 65.7 Å². The molecule has 1 heterocycles. The molecule has 2 aromatic carbocycles. The molecule has 0 saturated heterocycles. The fourth-order valence-electron chi connectivity index (χ4n) is 4.31. The number of amides is 2. The van der Waals surface area contributed by atoms with Crippen molar-refractivity contribution in [1.29, 1.82) is 0 Å². The number of hydroxylamine groups is 1. The quantitative estimate of drug-likeness (QED) is 0.240. The lowest BCUT2D eigenvalue weighted by Crippen LogP contribution is -2.57. The first-order chi connectivity index (χ1) is 20.7. The van der Waals surface area contributed by atoms with Gasteiger partial charge in [0.05, 0.1) is 31.7 Å². The van der Waals surface area contributed by atoms with E-state index in [1.54, 1.807) is 39.0 Å². The van der Waals surface area contributed by atoms with Crippen LogP contribution in [0.1, 0.15) is 50.8 Å². The maximum absolute atomic E-state index is 14.1. The Morgan fingerprint density at radius 1 is 1.20 bits per heavy atom. The van der Waals surface area contributed by atoms with Crippen LogP contribution in [0, 0.1) is 11.2 Å². The van der Waals surface area contributed by atoms with E-state index in [0.717, 1.165) is 11.8 Å². The maximum atomic E-state index is 14.1. The third-order valence-electron chi connectivity index (χ3n) is 6.59. The van der Waals surface area contributed by atoms with Crippen LogP contribution in [-0.2, 0) is 36.2 Å². The number of nitrogens with zero attached hydrogens (tertiary/aromatic N) is 1. The van der Waals surface area contributed by atoms with Gasteiger partial charge < -0.3 is 25.3 Å². The summed E-state index contributed by atoms with van der Waals surface area (Å²) in [5.41, 5.74) is 3.28. The smallest absolute Gasteiger partial charge is 0.305 e. The zero-order chi connectivity index (χ0) is 32.6. The summed E-state index contributed by atoms with van der Waals surface area (Å²) < 4.78 is 19.5. The summed E-state index contributed by atoms with van der Waals surface area (Å²) in [5, 5.41) is 14.9. The number of hydrogen-bond donors (Lipinski definition) is 4. The number of halogens is 2.